The summed E-state index contributed by atoms with van der Waals surface area (Å²) in [4.78, 5) is -0.161. The maximum atomic E-state index is 13.0. The number of hydrogen-bond donors (Lipinski definition) is 1. The number of ether oxygens (including phenoxy) is 2. The molecule has 11 heteroatoms. The van der Waals surface area contributed by atoms with Crippen LogP contribution in [0.25, 0.3) is 0 Å². The summed E-state index contributed by atoms with van der Waals surface area (Å²) in [5.41, 5.74) is 0. The fourth-order valence-corrected chi connectivity index (χ4v) is 6.79. The summed E-state index contributed by atoms with van der Waals surface area (Å²) in [6.07, 6.45) is 1.34. The van der Waals surface area contributed by atoms with Crippen molar-refractivity contribution in [1.82, 2.24) is 4.72 Å². The minimum atomic E-state index is -4.11. The molecule has 2 aromatic heterocycles. The van der Waals surface area contributed by atoms with Crippen molar-refractivity contribution in [1.29, 1.82) is 0 Å². The molecule has 2 heterocycles. The van der Waals surface area contributed by atoms with E-state index in [2.05, 4.69) is 4.72 Å². The first kappa shape index (κ1) is 21.4. The van der Waals surface area contributed by atoms with E-state index in [1.807, 2.05) is 0 Å². The Morgan fingerprint density at radius 1 is 1.07 bits per heavy atom. The normalized spacial score (nSPS) is 13.2. The van der Waals surface area contributed by atoms with Gasteiger partial charge in [-0.3, -0.25) is 0 Å². The Balaban J connectivity index is 1.94. The van der Waals surface area contributed by atoms with Gasteiger partial charge in [-0.15, -0.1) is 11.3 Å². The van der Waals surface area contributed by atoms with Gasteiger partial charge < -0.3 is 13.9 Å². The number of hydrogen-bond acceptors (Lipinski definition) is 8. The van der Waals surface area contributed by atoms with Gasteiger partial charge >= 0.3 is 0 Å². The van der Waals surface area contributed by atoms with Gasteiger partial charge in [0, 0.05) is 12.6 Å². The lowest BCUT2D eigenvalue weighted by molar-refractivity contribution is 0.392. The first-order chi connectivity index (χ1) is 13.8. The molecule has 1 aromatic carbocycles. The fourth-order valence-electron chi connectivity index (χ4n) is 2.66. The molecule has 0 spiro atoms. The van der Waals surface area contributed by atoms with Crippen LogP contribution in [0.3, 0.4) is 0 Å². The van der Waals surface area contributed by atoms with Crippen LogP contribution < -0.4 is 14.2 Å². The van der Waals surface area contributed by atoms with E-state index in [-0.39, 0.29) is 20.6 Å². The van der Waals surface area contributed by atoms with Crippen LogP contribution in [0.15, 0.2) is 67.6 Å². The zero-order valence-corrected chi connectivity index (χ0v) is 18.0. The van der Waals surface area contributed by atoms with Crippen molar-refractivity contribution >= 4 is 31.2 Å². The molecule has 0 radical (unpaired) electrons. The molecule has 3 aromatic rings. The molecule has 0 fully saturated rings. The average Bonchev–Trinajstić information content (AvgIpc) is 3.41. The van der Waals surface area contributed by atoms with Gasteiger partial charge in [0.25, 0.3) is 0 Å². The van der Waals surface area contributed by atoms with Crippen LogP contribution >= 0.6 is 11.3 Å². The van der Waals surface area contributed by atoms with Crippen molar-refractivity contribution < 1.29 is 30.7 Å². The summed E-state index contributed by atoms with van der Waals surface area (Å²) in [7, 11) is -5.23. The van der Waals surface area contributed by atoms with Crippen LogP contribution in [0.4, 0.5) is 0 Å². The van der Waals surface area contributed by atoms with Crippen LogP contribution in [0, 0.1) is 0 Å². The molecular weight excluding hydrogens is 438 g/mol. The first-order valence-corrected chi connectivity index (χ1v) is 12.2. The third-order valence-corrected chi connectivity index (χ3v) is 9.07. The summed E-state index contributed by atoms with van der Waals surface area (Å²) in [5.74, 6) is 0.563. The maximum Gasteiger partial charge on any atom is 0.244 e. The highest BCUT2D eigenvalue weighted by Gasteiger charge is 2.34. The van der Waals surface area contributed by atoms with E-state index >= 15 is 0 Å². The summed E-state index contributed by atoms with van der Waals surface area (Å²) in [6.45, 7) is -0.420. The molecule has 0 bridgehead atoms. The second-order valence-electron chi connectivity index (χ2n) is 5.85. The molecule has 0 amide bonds. The Morgan fingerprint density at radius 2 is 1.86 bits per heavy atom. The van der Waals surface area contributed by atoms with Gasteiger partial charge in [-0.05, 0) is 35.7 Å². The van der Waals surface area contributed by atoms with Gasteiger partial charge in [-0.25, -0.2) is 21.6 Å². The molecule has 29 heavy (non-hydrogen) atoms. The second kappa shape index (κ2) is 8.57. The Kier molecular flexibility index (Phi) is 6.32. The Hall–Kier alpha value is -2.34. The molecule has 0 aliphatic heterocycles. The standard InChI is InChI=1S/C18H19NO7S3/c1-24-13-7-8-14(25-2)16(11-13)29(22,23)19-12-17(15-5-3-9-26-15)28(20,21)18-6-4-10-27-18/h3-11,17,19H,12H2,1-2H3/t17-/m1/s1. The van der Waals surface area contributed by atoms with Gasteiger partial charge in [0.2, 0.25) is 10.0 Å². The topological polar surface area (TPSA) is 112 Å². The highest BCUT2D eigenvalue weighted by molar-refractivity contribution is 7.93. The van der Waals surface area contributed by atoms with Crippen LogP contribution in [0.2, 0.25) is 0 Å². The van der Waals surface area contributed by atoms with Crippen molar-refractivity contribution in [2.24, 2.45) is 0 Å². The largest absolute Gasteiger partial charge is 0.497 e. The number of sulfone groups is 1. The predicted molar refractivity (Wildman–Crippen MR) is 108 cm³/mol. The molecule has 0 unspecified atom stereocenters. The third-order valence-electron chi connectivity index (χ3n) is 4.13. The van der Waals surface area contributed by atoms with E-state index in [0.717, 1.165) is 11.3 Å². The molecule has 8 nitrogen and oxygen atoms in total. The Labute approximate surface area is 173 Å². The highest BCUT2D eigenvalue weighted by Crippen LogP contribution is 2.33. The van der Waals surface area contributed by atoms with Gasteiger partial charge in [0.1, 0.15) is 31.6 Å². The second-order valence-corrected chi connectivity index (χ2v) is 10.9. The van der Waals surface area contributed by atoms with Gasteiger partial charge in [-0.1, -0.05) is 6.07 Å². The number of nitrogens with one attached hydrogen (secondary N) is 1. The predicted octanol–water partition coefficient (Wildman–Crippen LogP) is 2.85. The van der Waals surface area contributed by atoms with E-state index in [1.54, 1.807) is 23.6 Å². The number of furan rings is 1. The number of rotatable bonds is 9. The Bertz CT molecular complexity index is 1150. The van der Waals surface area contributed by atoms with E-state index in [9.17, 15) is 16.8 Å². The molecule has 0 aliphatic rings. The van der Waals surface area contributed by atoms with E-state index in [0.29, 0.717) is 5.75 Å². The molecule has 0 saturated heterocycles. The third kappa shape index (κ3) is 4.47. The number of thiophene rings is 1. The van der Waals surface area contributed by atoms with Crippen molar-refractivity contribution in [3.63, 3.8) is 0 Å². The van der Waals surface area contributed by atoms with Gasteiger partial charge in [0.15, 0.2) is 9.84 Å². The van der Waals surface area contributed by atoms with Crippen LogP contribution in [0.1, 0.15) is 11.0 Å². The van der Waals surface area contributed by atoms with E-state index in [1.165, 1.54) is 44.7 Å². The van der Waals surface area contributed by atoms with Crippen LogP contribution in [-0.2, 0) is 19.9 Å². The fraction of sp³-hybridized carbons (Fsp3) is 0.222. The smallest absolute Gasteiger partial charge is 0.244 e. The quantitative estimate of drug-likeness (QED) is 0.526. The van der Waals surface area contributed by atoms with Gasteiger partial charge in [0.05, 0.1) is 20.5 Å². The summed E-state index contributed by atoms with van der Waals surface area (Å²) in [6, 6.07) is 10.4. The van der Waals surface area contributed by atoms with E-state index in [4.69, 9.17) is 13.9 Å². The van der Waals surface area contributed by atoms with Crippen LogP contribution in [-0.4, -0.2) is 37.6 Å². The molecule has 1 N–H and O–H groups in total. The molecule has 156 valence electrons. The lowest BCUT2D eigenvalue weighted by Gasteiger charge is -2.17. The van der Waals surface area contributed by atoms with Crippen molar-refractivity contribution in [3.05, 3.63) is 59.9 Å². The zero-order valence-electron chi connectivity index (χ0n) is 15.6. The minimum absolute atomic E-state index is 0.106. The monoisotopic (exact) mass is 457 g/mol. The summed E-state index contributed by atoms with van der Waals surface area (Å²) >= 11 is 1.05. The molecule has 3 rings (SSSR count). The summed E-state index contributed by atoms with van der Waals surface area (Å²) in [5, 5.41) is 0.403. The minimum Gasteiger partial charge on any atom is -0.497 e. The molecule has 0 saturated carbocycles. The average molecular weight is 458 g/mol. The SMILES string of the molecule is COc1ccc(OC)c(S(=O)(=O)NC[C@H](c2ccco2)S(=O)(=O)c2cccs2)c1. The van der Waals surface area contributed by atoms with Crippen molar-refractivity contribution in [3.8, 4) is 11.5 Å². The zero-order chi connectivity index (χ0) is 21.1. The van der Waals surface area contributed by atoms with Crippen molar-refractivity contribution in [2.75, 3.05) is 20.8 Å². The number of benzene rings is 1. The van der Waals surface area contributed by atoms with Crippen LogP contribution in [0.5, 0.6) is 11.5 Å². The lowest BCUT2D eigenvalue weighted by Crippen LogP contribution is -2.32. The lowest BCUT2D eigenvalue weighted by atomic mass is 10.3. The van der Waals surface area contributed by atoms with Crippen molar-refractivity contribution in [2.45, 2.75) is 14.4 Å². The highest BCUT2D eigenvalue weighted by atomic mass is 32.2. The number of methoxy groups -OCH3 is 2. The molecule has 1 atom stereocenters. The molecule has 0 aliphatic carbocycles. The number of sulfonamides is 1. The first-order valence-electron chi connectivity index (χ1n) is 8.32. The van der Waals surface area contributed by atoms with E-state index < -0.39 is 31.7 Å². The van der Waals surface area contributed by atoms with Gasteiger partial charge in [-0.2, -0.15) is 0 Å². The molecular formula is C18H19NO7S3. The summed E-state index contributed by atoms with van der Waals surface area (Å²) < 4.78 is 69.8. The Morgan fingerprint density at radius 3 is 2.45 bits per heavy atom. The maximum absolute atomic E-state index is 13.0.